The Labute approximate surface area is 103 Å². The van der Waals surface area contributed by atoms with Crippen LogP contribution in [0.4, 0.5) is 0 Å². The third-order valence-electron chi connectivity index (χ3n) is 2.13. The lowest BCUT2D eigenvalue weighted by Crippen LogP contribution is -2.32. The van der Waals surface area contributed by atoms with Gasteiger partial charge >= 0.3 is 0 Å². The number of benzene rings is 1. The van der Waals surface area contributed by atoms with E-state index in [4.69, 9.17) is 11.6 Å². The highest BCUT2D eigenvalue weighted by molar-refractivity contribution is 9.10. The second kappa shape index (κ2) is 6.13. The summed E-state index contributed by atoms with van der Waals surface area (Å²) < 4.78 is 0.822. The van der Waals surface area contributed by atoms with E-state index in [1.54, 1.807) is 4.90 Å². The highest BCUT2D eigenvalue weighted by Crippen LogP contribution is 2.17. The van der Waals surface area contributed by atoms with Crippen LogP contribution < -0.4 is 0 Å². The van der Waals surface area contributed by atoms with Crippen molar-refractivity contribution < 1.29 is 4.79 Å². The highest BCUT2D eigenvalue weighted by Gasteiger charge is 2.15. The number of hydrogen-bond donors (Lipinski definition) is 0. The molecule has 0 aliphatic heterocycles. The number of carbonyl (C=O) groups excluding carboxylic acids is 1. The Kier molecular flexibility index (Phi) is 5.12. The van der Waals surface area contributed by atoms with Crippen LogP contribution >= 0.6 is 27.5 Å². The van der Waals surface area contributed by atoms with E-state index in [0.717, 1.165) is 4.47 Å². The minimum Gasteiger partial charge on any atom is -0.338 e. The van der Waals surface area contributed by atoms with E-state index in [-0.39, 0.29) is 5.91 Å². The van der Waals surface area contributed by atoms with E-state index in [9.17, 15) is 4.79 Å². The van der Waals surface area contributed by atoms with Gasteiger partial charge in [0.1, 0.15) is 0 Å². The molecule has 0 spiro atoms. The van der Waals surface area contributed by atoms with Gasteiger partial charge in [0.2, 0.25) is 0 Å². The quantitative estimate of drug-likeness (QED) is 0.780. The molecule has 0 bridgehead atoms. The fourth-order valence-electron chi connectivity index (χ4n) is 1.31. The number of alkyl halides is 1. The van der Waals surface area contributed by atoms with E-state index in [1.807, 2.05) is 31.2 Å². The number of amides is 1. The van der Waals surface area contributed by atoms with Crippen molar-refractivity contribution in [2.45, 2.75) is 6.92 Å². The second-order valence-electron chi connectivity index (χ2n) is 3.05. The fraction of sp³-hybridized carbons (Fsp3) is 0.364. The van der Waals surface area contributed by atoms with Crippen molar-refractivity contribution in [1.82, 2.24) is 4.90 Å². The summed E-state index contributed by atoms with van der Waals surface area (Å²) in [6.45, 7) is 3.20. The first kappa shape index (κ1) is 12.5. The molecule has 0 aromatic heterocycles. The summed E-state index contributed by atoms with van der Waals surface area (Å²) in [5, 5.41) is 0. The average Bonchev–Trinajstić information content (AvgIpc) is 2.25. The van der Waals surface area contributed by atoms with Gasteiger partial charge in [-0.15, -0.1) is 11.6 Å². The predicted molar refractivity (Wildman–Crippen MR) is 66.4 cm³/mol. The zero-order valence-corrected chi connectivity index (χ0v) is 10.9. The third kappa shape index (κ3) is 3.21. The molecule has 15 heavy (non-hydrogen) atoms. The van der Waals surface area contributed by atoms with Gasteiger partial charge < -0.3 is 4.90 Å². The molecular formula is C11H13BrClNO. The van der Waals surface area contributed by atoms with Crippen LogP contribution in [0.15, 0.2) is 28.7 Å². The van der Waals surface area contributed by atoms with Crippen molar-refractivity contribution in [2.75, 3.05) is 19.0 Å². The molecule has 2 nitrogen and oxygen atoms in total. The molecular weight excluding hydrogens is 277 g/mol. The fourth-order valence-corrected chi connectivity index (χ4v) is 1.97. The molecule has 1 aromatic carbocycles. The Bertz CT molecular complexity index is 343. The van der Waals surface area contributed by atoms with Crippen molar-refractivity contribution in [3.63, 3.8) is 0 Å². The van der Waals surface area contributed by atoms with E-state index >= 15 is 0 Å². The molecule has 0 saturated heterocycles. The monoisotopic (exact) mass is 289 g/mol. The van der Waals surface area contributed by atoms with Crippen molar-refractivity contribution in [2.24, 2.45) is 0 Å². The lowest BCUT2D eigenvalue weighted by molar-refractivity contribution is 0.0773. The van der Waals surface area contributed by atoms with Crippen LogP contribution in [0.2, 0.25) is 0 Å². The number of rotatable bonds is 4. The van der Waals surface area contributed by atoms with Gasteiger partial charge in [0.15, 0.2) is 0 Å². The molecule has 0 aliphatic rings. The molecule has 0 heterocycles. The van der Waals surface area contributed by atoms with Crippen molar-refractivity contribution in [3.8, 4) is 0 Å². The molecule has 0 atom stereocenters. The third-order valence-corrected chi connectivity index (χ3v) is 2.99. The standard InChI is InChI=1S/C11H13BrClNO/c1-2-14(8-7-13)11(15)9-5-3-4-6-10(9)12/h3-6H,2,7-8H2,1H3. The zero-order valence-electron chi connectivity index (χ0n) is 8.54. The number of hydrogen-bond acceptors (Lipinski definition) is 1. The number of nitrogens with zero attached hydrogens (tertiary/aromatic N) is 1. The normalized spacial score (nSPS) is 10.1. The number of halogens is 2. The Morgan fingerprint density at radius 3 is 2.67 bits per heavy atom. The summed E-state index contributed by atoms with van der Waals surface area (Å²) in [4.78, 5) is 13.8. The van der Waals surface area contributed by atoms with Crippen molar-refractivity contribution in [3.05, 3.63) is 34.3 Å². The largest absolute Gasteiger partial charge is 0.338 e. The first-order valence-corrected chi connectivity index (χ1v) is 6.13. The van der Waals surface area contributed by atoms with E-state index < -0.39 is 0 Å². The Morgan fingerprint density at radius 1 is 1.47 bits per heavy atom. The lowest BCUT2D eigenvalue weighted by atomic mass is 10.2. The number of carbonyl (C=O) groups is 1. The average molecular weight is 291 g/mol. The van der Waals surface area contributed by atoms with Gasteiger partial charge in [-0.2, -0.15) is 0 Å². The molecule has 0 saturated carbocycles. The maximum absolute atomic E-state index is 12.0. The van der Waals surface area contributed by atoms with Gasteiger partial charge in [-0.1, -0.05) is 12.1 Å². The van der Waals surface area contributed by atoms with Gasteiger partial charge in [-0.3, -0.25) is 4.79 Å². The Morgan fingerprint density at radius 2 is 2.13 bits per heavy atom. The molecule has 4 heteroatoms. The molecule has 0 unspecified atom stereocenters. The van der Waals surface area contributed by atoms with Crippen molar-refractivity contribution in [1.29, 1.82) is 0 Å². The molecule has 0 fully saturated rings. The zero-order chi connectivity index (χ0) is 11.3. The molecule has 0 aliphatic carbocycles. The Balaban J connectivity index is 2.88. The van der Waals surface area contributed by atoms with E-state index in [0.29, 0.717) is 24.5 Å². The van der Waals surface area contributed by atoms with Gasteiger partial charge in [0.25, 0.3) is 5.91 Å². The van der Waals surface area contributed by atoms with Gasteiger partial charge in [-0.25, -0.2) is 0 Å². The molecule has 1 amide bonds. The van der Waals surface area contributed by atoms with Crippen LogP contribution in [0.1, 0.15) is 17.3 Å². The van der Waals surface area contributed by atoms with E-state index in [2.05, 4.69) is 15.9 Å². The van der Waals surface area contributed by atoms with Crippen LogP contribution in [0.3, 0.4) is 0 Å². The first-order valence-electron chi connectivity index (χ1n) is 4.80. The summed E-state index contributed by atoms with van der Waals surface area (Å²) in [7, 11) is 0. The summed E-state index contributed by atoms with van der Waals surface area (Å²) in [5.74, 6) is 0.481. The van der Waals surface area contributed by atoms with Crippen molar-refractivity contribution >= 4 is 33.4 Å². The lowest BCUT2D eigenvalue weighted by Gasteiger charge is -2.20. The Hall–Kier alpha value is -0.540. The van der Waals surface area contributed by atoms with Gasteiger partial charge in [0.05, 0.1) is 5.56 Å². The smallest absolute Gasteiger partial charge is 0.255 e. The van der Waals surface area contributed by atoms with Crippen LogP contribution in [-0.2, 0) is 0 Å². The van der Waals surface area contributed by atoms with Crippen LogP contribution in [0, 0.1) is 0 Å². The molecule has 82 valence electrons. The maximum atomic E-state index is 12.0. The van der Waals surface area contributed by atoms with E-state index in [1.165, 1.54) is 0 Å². The minimum absolute atomic E-state index is 0.0191. The molecule has 1 rings (SSSR count). The summed E-state index contributed by atoms with van der Waals surface area (Å²) in [6, 6.07) is 7.41. The molecule has 0 radical (unpaired) electrons. The SMILES string of the molecule is CCN(CCCl)C(=O)c1ccccc1Br. The summed E-state index contributed by atoms with van der Waals surface area (Å²) in [5.41, 5.74) is 0.685. The van der Waals surface area contributed by atoms with Crippen LogP contribution in [0.5, 0.6) is 0 Å². The second-order valence-corrected chi connectivity index (χ2v) is 4.29. The summed E-state index contributed by atoms with van der Waals surface area (Å²) in [6.07, 6.45) is 0. The first-order chi connectivity index (χ1) is 7.20. The maximum Gasteiger partial charge on any atom is 0.255 e. The molecule has 0 N–H and O–H groups in total. The minimum atomic E-state index is 0.0191. The topological polar surface area (TPSA) is 20.3 Å². The highest BCUT2D eigenvalue weighted by atomic mass is 79.9. The van der Waals surface area contributed by atoms with Gasteiger partial charge in [0, 0.05) is 23.4 Å². The summed E-state index contributed by atoms with van der Waals surface area (Å²) >= 11 is 9.01. The van der Waals surface area contributed by atoms with Crippen LogP contribution in [-0.4, -0.2) is 29.8 Å². The predicted octanol–water partition coefficient (Wildman–Crippen LogP) is 3.15. The van der Waals surface area contributed by atoms with Gasteiger partial charge in [-0.05, 0) is 35.0 Å². The molecule has 1 aromatic rings. The van der Waals surface area contributed by atoms with Crippen LogP contribution in [0.25, 0.3) is 0 Å².